The lowest BCUT2D eigenvalue weighted by Crippen LogP contribution is -2.20. The fraction of sp³-hybridized carbons (Fsp3) is 0.267. The normalized spacial score (nSPS) is 14.0. The fourth-order valence-electron chi connectivity index (χ4n) is 4.61. The number of nitrogens with zero attached hydrogens (tertiary/aromatic N) is 4. The number of aromatic nitrogens is 3. The van der Waals surface area contributed by atoms with Crippen molar-refractivity contribution in [3.8, 4) is 17.1 Å². The molecule has 1 heterocycles. The smallest absolute Gasteiger partial charge is 0.250 e. The molecule has 0 aliphatic heterocycles. The highest BCUT2D eigenvalue weighted by molar-refractivity contribution is 7.99. The Balaban J connectivity index is 1.19. The van der Waals surface area contributed by atoms with Crippen LogP contribution in [0.3, 0.4) is 0 Å². The maximum Gasteiger partial charge on any atom is 0.250 e. The highest BCUT2D eigenvalue weighted by atomic mass is 35.5. The summed E-state index contributed by atoms with van der Waals surface area (Å²) in [5, 5.41) is 14.5. The first-order chi connectivity index (χ1) is 19.2. The van der Waals surface area contributed by atoms with Gasteiger partial charge in [-0.2, -0.15) is 5.10 Å². The molecule has 1 amide bonds. The second-order valence-corrected chi connectivity index (χ2v) is 10.8. The van der Waals surface area contributed by atoms with Crippen LogP contribution in [0.15, 0.2) is 89.1 Å². The van der Waals surface area contributed by atoms with Gasteiger partial charge >= 0.3 is 0 Å². The highest BCUT2D eigenvalue weighted by Gasteiger charge is 2.24. The zero-order valence-electron chi connectivity index (χ0n) is 21.5. The predicted molar refractivity (Wildman–Crippen MR) is 156 cm³/mol. The van der Waals surface area contributed by atoms with Crippen molar-refractivity contribution in [2.24, 2.45) is 5.10 Å². The van der Waals surface area contributed by atoms with Gasteiger partial charge in [0.2, 0.25) is 0 Å². The minimum atomic E-state index is -0.209. The molecule has 0 spiro atoms. The van der Waals surface area contributed by atoms with Crippen LogP contribution in [0, 0.1) is 0 Å². The number of carbonyl (C=O) groups excluding carboxylic acids is 1. The molecule has 0 bridgehead atoms. The van der Waals surface area contributed by atoms with E-state index < -0.39 is 0 Å². The van der Waals surface area contributed by atoms with E-state index in [1.165, 1.54) is 31.0 Å². The summed E-state index contributed by atoms with van der Waals surface area (Å²) in [7, 11) is 0. The number of halogens is 1. The molecule has 1 saturated carbocycles. The standard InChI is InChI=1S/C30H30ClN5O2S/c31-25-16-14-24(15-17-25)29-34-35-30(36(29)26-11-5-2-6-12-26)39-21-28(37)33-32-19-23-10-7-13-27(18-23)38-20-22-8-3-1-4-9-22/h1,3-4,7-10,13-19,26H,2,5-6,11-12,20-21H2,(H,33,37)/b32-19+. The summed E-state index contributed by atoms with van der Waals surface area (Å²) in [6.45, 7) is 0.487. The molecule has 3 aromatic carbocycles. The van der Waals surface area contributed by atoms with Crippen molar-refractivity contribution in [3.05, 3.63) is 95.0 Å². The summed E-state index contributed by atoms with van der Waals surface area (Å²) >= 11 is 7.47. The van der Waals surface area contributed by atoms with Crippen molar-refractivity contribution < 1.29 is 9.53 Å². The van der Waals surface area contributed by atoms with Crippen LogP contribution in [0.2, 0.25) is 5.02 Å². The number of amides is 1. The van der Waals surface area contributed by atoms with Gasteiger partial charge in [-0.05, 0) is 60.4 Å². The second-order valence-electron chi connectivity index (χ2n) is 9.40. The molecule has 0 radical (unpaired) electrons. The zero-order valence-corrected chi connectivity index (χ0v) is 23.1. The largest absolute Gasteiger partial charge is 0.489 e. The van der Waals surface area contributed by atoms with Crippen molar-refractivity contribution >= 4 is 35.5 Å². The van der Waals surface area contributed by atoms with Gasteiger partial charge in [-0.15, -0.1) is 10.2 Å². The lowest BCUT2D eigenvalue weighted by Gasteiger charge is -2.25. The fourth-order valence-corrected chi connectivity index (χ4v) is 5.53. The van der Waals surface area contributed by atoms with Gasteiger partial charge in [0.15, 0.2) is 11.0 Å². The molecule has 5 rings (SSSR count). The average Bonchev–Trinajstić information content (AvgIpc) is 3.41. The summed E-state index contributed by atoms with van der Waals surface area (Å²) in [5.74, 6) is 1.53. The molecule has 1 aliphatic rings. The first kappa shape index (κ1) is 27.0. The van der Waals surface area contributed by atoms with Gasteiger partial charge in [0.1, 0.15) is 12.4 Å². The van der Waals surface area contributed by atoms with Crippen LogP contribution in [0.1, 0.15) is 49.3 Å². The van der Waals surface area contributed by atoms with Crippen LogP contribution in [-0.2, 0) is 11.4 Å². The monoisotopic (exact) mass is 559 g/mol. The van der Waals surface area contributed by atoms with Gasteiger partial charge in [-0.1, -0.05) is 85.1 Å². The summed E-state index contributed by atoms with van der Waals surface area (Å²) in [5.41, 5.74) is 5.51. The number of thioether (sulfide) groups is 1. The summed E-state index contributed by atoms with van der Waals surface area (Å²) in [6, 6.07) is 25.6. The predicted octanol–water partition coefficient (Wildman–Crippen LogP) is 6.93. The Kier molecular flexibility index (Phi) is 9.30. The number of hydrogen-bond acceptors (Lipinski definition) is 6. The third-order valence-corrected chi connectivity index (χ3v) is 7.74. The van der Waals surface area contributed by atoms with Gasteiger partial charge in [0.05, 0.1) is 12.0 Å². The molecule has 39 heavy (non-hydrogen) atoms. The molecule has 1 fully saturated rings. The number of hydrogen-bond donors (Lipinski definition) is 1. The Labute approximate surface area is 237 Å². The van der Waals surface area contributed by atoms with Gasteiger partial charge in [-0.25, -0.2) is 5.43 Å². The average molecular weight is 560 g/mol. The van der Waals surface area contributed by atoms with Crippen LogP contribution in [0.25, 0.3) is 11.4 Å². The molecule has 0 saturated heterocycles. The molecule has 0 atom stereocenters. The van der Waals surface area contributed by atoms with E-state index in [0.29, 0.717) is 17.7 Å². The zero-order chi connectivity index (χ0) is 26.9. The Morgan fingerprint density at radius 1 is 1.03 bits per heavy atom. The van der Waals surface area contributed by atoms with E-state index in [4.69, 9.17) is 16.3 Å². The summed E-state index contributed by atoms with van der Waals surface area (Å²) in [6.07, 6.45) is 7.38. The number of benzene rings is 3. The van der Waals surface area contributed by atoms with E-state index in [2.05, 4.69) is 25.3 Å². The second kappa shape index (κ2) is 13.4. The maximum atomic E-state index is 12.6. The third-order valence-electron chi connectivity index (χ3n) is 6.55. The van der Waals surface area contributed by atoms with Crippen LogP contribution in [0.5, 0.6) is 5.75 Å². The number of nitrogens with one attached hydrogen (secondary N) is 1. The molecular weight excluding hydrogens is 530 g/mol. The molecule has 0 unspecified atom stereocenters. The minimum absolute atomic E-state index is 0.184. The molecule has 4 aromatic rings. The van der Waals surface area contributed by atoms with Crippen LogP contribution in [0.4, 0.5) is 0 Å². The molecule has 200 valence electrons. The van der Waals surface area contributed by atoms with E-state index in [0.717, 1.165) is 46.3 Å². The van der Waals surface area contributed by atoms with Gasteiger partial charge in [-0.3, -0.25) is 9.36 Å². The first-order valence-electron chi connectivity index (χ1n) is 13.1. The molecular formula is C30H30ClN5O2S. The van der Waals surface area contributed by atoms with Crippen molar-refractivity contribution in [1.82, 2.24) is 20.2 Å². The Hall–Kier alpha value is -3.62. The van der Waals surface area contributed by atoms with E-state index in [-0.39, 0.29) is 11.7 Å². The Bertz CT molecular complexity index is 1400. The molecule has 1 aliphatic carbocycles. The number of ether oxygens (including phenoxy) is 1. The van der Waals surface area contributed by atoms with Crippen molar-refractivity contribution in [1.29, 1.82) is 0 Å². The topological polar surface area (TPSA) is 81.4 Å². The summed E-state index contributed by atoms with van der Waals surface area (Å²) < 4.78 is 8.07. The van der Waals surface area contributed by atoms with E-state index >= 15 is 0 Å². The van der Waals surface area contributed by atoms with Gasteiger partial charge in [0, 0.05) is 16.6 Å². The Morgan fingerprint density at radius 3 is 2.62 bits per heavy atom. The van der Waals surface area contributed by atoms with E-state index in [1.54, 1.807) is 6.21 Å². The van der Waals surface area contributed by atoms with Gasteiger partial charge < -0.3 is 4.74 Å². The lowest BCUT2D eigenvalue weighted by molar-refractivity contribution is -0.118. The molecule has 7 nitrogen and oxygen atoms in total. The molecule has 1 aromatic heterocycles. The third kappa shape index (κ3) is 7.49. The van der Waals surface area contributed by atoms with Crippen LogP contribution < -0.4 is 10.2 Å². The number of carbonyl (C=O) groups is 1. The van der Waals surface area contributed by atoms with Gasteiger partial charge in [0.25, 0.3) is 5.91 Å². The van der Waals surface area contributed by atoms with E-state index in [1.807, 2.05) is 78.9 Å². The van der Waals surface area contributed by atoms with Crippen LogP contribution in [-0.4, -0.2) is 32.6 Å². The first-order valence-corrected chi connectivity index (χ1v) is 14.4. The van der Waals surface area contributed by atoms with Crippen LogP contribution >= 0.6 is 23.4 Å². The van der Waals surface area contributed by atoms with Crippen molar-refractivity contribution in [2.75, 3.05) is 5.75 Å². The van der Waals surface area contributed by atoms with E-state index in [9.17, 15) is 4.79 Å². The maximum absolute atomic E-state index is 12.6. The molecule has 1 N–H and O–H groups in total. The lowest BCUT2D eigenvalue weighted by atomic mass is 9.95. The molecule has 9 heteroatoms. The SMILES string of the molecule is O=C(CSc1nnc(-c2ccc(Cl)cc2)n1C1CCCCC1)N/N=C/c1cccc(OCc2ccccc2)c1. The van der Waals surface area contributed by atoms with Crippen molar-refractivity contribution in [3.63, 3.8) is 0 Å². The number of rotatable bonds is 10. The number of hydrazone groups is 1. The summed E-state index contributed by atoms with van der Waals surface area (Å²) in [4.78, 5) is 12.6. The quantitative estimate of drug-likeness (QED) is 0.129. The highest BCUT2D eigenvalue weighted by Crippen LogP contribution is 2.35. The minimum Gasteiger partial charge on any atom is -0.489 e. The Morgan fingerprint density at radius 2 is 1.82 bits per heavy atom. The van der Waals surface area contributed by atoms with Crippen molar-refractivity contribution in [2.45, 2.75) is 49.9 Å².